The van der Waals surface area contributed by atoms with Crippen LogP contribution < -0.4 is 16.4 Å². The van der Waals surface area contributed by atoms with Crippen molar-refractivity contribution in [3.05, 3.63) is 0 Å². The van der Waals surface area contributed by atoms with Crippen molar-refractivity contribution in [2.45, 2.75) is 24.9 Å². The van der Waals surface area contributed by atoms with Crippen LogP contribution >= 0.6 is 12.6 Å². The molecule has 0 saturated heterocycles. The topological polar surface area (TPSA) is 159 Å². The van der Waals surface area contributed by atoms with E-state index in [1.165, 1.54) is 0 Å². The first-order valence-corrected chi connectivity index (χ1v) is 6.29. The van der Waals surface area contributed by atoms with Gasteiger partial charge in [0.25, 0.3) is 0 Å². The predicted octanol–water partition coefficient (Wildman–Crippen LogP) is -2.21. The van der Waals surface area contributed by atoms with Crippen LogP contribution in [0.2, 0.25) is 0 Å². The summed E-state index contributed by atoms with van der Waals surface area (Å²) in [5.74, 6) is -3.70. The number of amides is 2. The molecule has 0 aromatic heterocycles. The average molecular weight is 310 g/mol. The maximum Gasteiger partial charge on any atom is 0.322 e. The molecule has 0 aliphatic heterocycles. The molecule has 0 heterocycles. The Hall–Kier alpha value is -1.81. The molecule has 0 aromatic carbocycles. The summed E-state index contributed by atoms with van der Waals surface area (Å²) in [5, 5.41) is 21.4. The summed E-state index contributed by atoms with van der Waals surface area (Å²) in [6, 6.07) is -2.15. The molecule has 20 heavy (non-hydrogen) atoms. The van der Waals surface area contributed by atoms with Crippen molar-refractivity contribution in [2.24, 2.45) is 5.73 Å². The lowest BCUT2D eigenvalue weighted by Gasteiger charge is -2.16. The van der Waals surface area contributed by atoms with E-state index < -0.39 is 42.4 Å². The van der Waals surface area contributed by atoms with Crippen LogP contribution in [-0.4, -0.2) is 58.3 Å². The molecule has 114 valence electrons. The van der Waals surface area contributed by atoms with Crippen LogP contribution in [0.4, 0.5) is 0 Å². The highest BCUT2D eigenvalue weighted by atomic mass is 35.0. The minimum Gasteiger partial charge on any atom is -0.480 e. The van der Waals surface area contributed by atoms with Gasteiger partial charge in [0.05, 0.1) is 0 Å². The molecule has 10 heteroatoms. The molecule has 0 bridgehead atoms. The first-order valence-electron chi connectivity index (χ1n) is 5.66. The Morgan fingerprint density at radius 1 is 1.20 bits per heavy atom. The van der Waals surface area contributed by atoms with Crippen LogP contribution in [0.5, 0.6) is 0 Å². The Labute approximate surface area is 120 Å². The largest absolute Gasteiger partial charge is 0.480 e. The zero-order valence-corrected chi connectivity index (χ0v) is 11.4. The van der Waals surface area contributed by atoms with Gasteiger partial charge >= 0.3 is 11.9 Å². The summed E-state index contributed by atoms with van der Waals surface area (Å²) >= 11 is 3.87. The second-order valence-electron chi connectivity index (χ2n) is 3.90. The number of carbonyl (C=O) groups excluding carboxylic acids is 2. The third-order valence-electron chi connectivity index (χ3n) is 2.25. The number of nitrogens with one attached hydrogen (secondary N) is 2. The van der Waals surface area contributed by atoms with Crippen molar-refractivity contribution < 1.29 is 29.4 Å². The lowest BCUT2D eigenvalue weighted by molar-refractivity contribution is -0.139. The number of thiol groups is 1. The van der Waals surface area contributed by atoms with Crippen molar-refractivity contribution in [2.75, 3.05) is 12.3 Å². The fourth-order valence-electron chi connectivity index (χ4n) is 1.16. The van der Waals surface area contributed by atoms with E-state index in [4.69, 9.17) is 15.9 Å². The van der Waals surface area contributed by atoms with E-state index in [2.05, 4.69) is 23.3 Å². The molecule has 0 rings (SSSR count). The highest BCUT2D eigenvalue weighted by Crippen LogP contribution is 1.97. The molecule has 0 aromatic rings. The Morgan fingerprint density at radius 3 is 2.25 bits per heavy atom. The van der Waals surface area contributed by atoms with Gasteiger partial charge in [0.1, 0.15) is 18.6 Å². The van der Waals surface area contributed by atoms with Gasteiger partial charge in [-0.25, -0.2) is 0 Å². The lowest BCUT2D eigenvalue weighted by Crippen LogP contribution is -2.49. The number of rotatable bonds is 9. The van der Waals surface area contributed by atoms with Gasteiger partial charge in [-0.05, 0) is 6.42 Å². The number of carboxylic acid groups (broad SMARTS) is 2. The monoisotopic (exact) mass is 310 g/mol. The Kier molecular flexibility index (Phi) is 8.32. The average Bonchev–Trinajstić information content (AvgIpc) is 2.38. The third-order valence-corrected chi connectivity index (χ3v) is 2.61. The molecule has 0 aliphatic carbocycles. The summed E-state index contributed by atoms with van der Waals surface area (Å²) in [6.45, 7) is -0.567. The molecular weight excluding hydrogens is 293 g/mol. The molecule has 0 saturated carbocycles. The van der Waals surface area contributed by atoms with Gasteiger partial charge in [-0.1, -0.05) is 0 Å². The SMILES string of the molecule is N[C@@H](CCC(=O)N[C@@H](C[35SH])C(=O)NCC(=O)O)C(=O)O. The molecule has 2 amide bonds. The third kappa shape index (κ3) is 7.59. The second kappa shape index (κ2) is 9.15. The van der Waals surface area contributed by atoms with Crippen LogP contribution in [-0.2, 0) is 19.2 Å². The lowest BCUT2D eigenvalue weighted by atomic mass is 10.1. The molecule has 0 radical (unpaired) electrons. The van der Waals surface area contributed by atoms with Crippen LogP contribution in [0.3, 0.4) is 0 Å². The van der Waals surface area contributed by atoms with Gasteiger partial charge in [0.2, 0.25) is 11.8 Å². The number of carbonyl (C=O) groups is 4. The number of hydrogen-bond donors (Lipinski definition) is 6. The molecule has 0 aliphatic rings. The van der Waals surface area contributed by atoms with Gasteiger partial charge in [0, 0.05) is 12.2 Å². The van der Waals surface area contributed by atoms with Gasteiger partial charge < -0.3 is 26.6 Å². The molecule has 0 spiro atoms. The minimum atomic E-state index is -1.22. The van der Waals surface area contributed by atoms with Crippen molar-refractivity contribution in [1.82, 2.24) is 10.6 Å². The highest BCUT2D eigenvalue weighted by molar-refractivity contribution is 7.80. The Bertz CT molecular complexity index is 389. The van der Waals surface area contributed by atoms with Crippen molar-refractivity contribution in [3.63, 3.8) is 0 Å². The molecular formula is C10H17N3O6S. The maximum absolute atomic E-state index is 11.5. The second-order valence-corrected chi connectivity index (χ2v) is 4.26. The van der Waals surface area contributed by atoms with E-state index in [9.17, 15) is 19.2 Å². The molecule has 0 unspecified atom stereocenters. The Balaban J connectivity index is 4.21. The summed E-state index contributed by atoms with van der Waals surface area (Å²) in [7, 11) is 0. The zero-order valence-electron chi connectivity index (χ0n) is 10.5. The molecule has 6 N–H and O–H groups in total. The van der Waals surface area contributed by atoms with Crippen LogP contribution in [0.1, 0.15) is 12.8 Å². The quantitative estimate of drug-likeness (QED) is 0.263. The first-order chi connectivity index (χ1) is 9.27. The number of hydrogen-bond acceptors (Lipinski definition) is 6. The van der Waals surface area contributed by atoms with Gasteiger partial charge in [-0.3, -0.25) is 19.2 Å². The van der Waals surface area contributed by atoms with E-state index in [1.807, 2.05) is 0 Å². The molecule has 2 atom stereocenters. The highest BCUT2D eigenvalue weighted by Gasteiger charge is 2.20. The summed E-state index contributed by atoms with van der Waals surface area (Å²) in [4.78, 5) is 43.7. The van der Waals surface area contributed by atoms with E-state index in [0.717, 1.165) is 0 Å². The van der Waals surface area contributed by atoms with Crippen molar-refractivity contribution >= 4 is 36.4 Å². The number of aliphatic carboxylic acids is 2. The summed E-state index contributed by atoms with van der Waals surface area (Å²) in [5.41, 5.74) is 5.23. The van der Waals surface area contributed by atoms with Crippen molar-refractivity contribution in [1.29, 1.82) is 0 Å². The normalized spacial score (nSPS) is 13.1. The zero-order chi connectivity index (χ0) is 15.7. The van der Waals surface area contributed by atoms with E-state index >= 15 is 0 Å². The summed E-state index contributed by atoms with van der Waals surface area (Å²) in [6.07, 6.45) is -0.235. The maximum atomic E-state index is 11.5. The minimum absolute atomic E-state index is 0.0256. The number of carboxylic acids is 2. The van der Waals surface area contributed by atoms with Crippen molar-refractivity contribution in [3.8, 4) is 0 Å². The van der Waals surface area contributed by atoms with Crippen LogP contribution in [0, 0.1) is 0 Å². The van der Waals surface area contributed by atoms with E-state index in [1.54, 1.807) is 0 Å². The standard InChI is InChI=1S/C10H17N3O6S/c11-5(10(18)19)1-2-7(14)13-6(4-20)9(17)12-3-8(15)16/h5-6,20H,1-4,11H2,(H,12,17)(H,13,14)(H,15,16)(H,18,19)/t5-,6-/m0/s1/i20+3. The molecule has 9 nitrogen and oxygen atoms in total. The fourth-order valence-corrected chi connectivity index (χ4v) is 1.41. The first kappa shape index (κ1) is 18.2. The fraction of sp³-hybridized carbons (Fsp3) is 0.600. The van der Waals surface area contributed by atoms with Gasteiger partial charge in [-0.2, -0.15) is 12.6 Å². The van der Waals surface area contributed by atoms with Gasteiger partial charge in [-0.15, -0.1) is 0 Å². The molecule has 0 fully saturated rings. The Morgan fingerprint density at radius 2 is 1.80 bits per heavy atom. The predicted molar refractivity (Wildman–Crippen MR) is 71.3 cm³/mol. The number of nitrogens with two attached hydrogens (primary N) is 1. The van der Waals surface area contributed by atoms with E-state index in [-0.39, 0.29) is 18.6 Å². The van der Waals surface area contributed by atoms with Gasteiger partial charge in [0.15, 0.2) is 0 Å². The van der Waals surface area contributed by atoms with Crippen LogP contribution in [0.25, 0.3) is 0 Å². The summed E-state index contributed by atoms with van der Waals surface area (Å²) < 4.78 is 0. The van der Waals surface area contributed by atoms with Crippen LogP contribution in [0.15, 0.2) is 0 Å². The smallest absolute Gasteiger partial charge is 0.322 e. The van der Waals surface area contributed by atoms with E-state index in [0.29, 0.717) is 0 Å².